The van der Waals surface area contributed by atoms with Gasteiger partial charge >= 0.3 is 5.97 Å². The maximum atomic E-state index is 12.3. The van der Waals surface area contributed by atoms with E-state index in [4.69, 9.17) is 15.6 Å². The number of carbonyl (C=O) groups is 2. The number of anilines is 1. The minimum atomic E-state index is -1.07. The molecule has 1 aromatic carbocycles. The van der Waals surface area contributed by atoms with Crippen LogP contribution < -0.4 is 5.73 Å². The number of ether oxygens (including phenoxy) is 1. The normalized spacial score (nSPS) is 19.2. The Kier molecular flexibility index (Phi) is 4.06. The highest BCUT2D eigenvalue weighted by Gasteiger charge is 2.33. The molecular weight excluding hydrogens is 316 g/mol. The van der Waals surface area contributed by atoms with Crippen LogP contribution in [0.4, 0.5) is 5.69 Å². The molecule has 0 aromatic heterocycles. The highest BCUT2D eigenvalue weighted by atomic mass is 79.9. The van der Waals surface area contributed by atoms with E-state index in [1.165, 1.54) is 11.0 Å². The lowest BCUT2D eigenvalue weighted by molar-refractivity contribution is -0.147. The lowest BCUT2D eigenvalue weighted by atomic mass is 10.1. The van der Waals surface area contributed by atoms with Crippen molar-refractivity contribution in [3.05, 3.63) is 28.2 Å². The molecule has 2 rings (SSSR count). The number of hydrogen-bond donors (Lipinski definition) is 2. The Morgan fingerprint density at radius 3 is 2.79 bits per heavy atom. The summed E-state index contributed by atoms with van der Waals surface area (Å²) in [4.78, 5) is 24.8. The van der Waals surface area contributed by atoms with Crippen molar-refractivity contribution >= 4 is 33.5 Å². The average molecular weight is 329 g/mol. The summed E-state index contributed by atoms with van der Waals surface area (Å²) in [5.41, 5.74) is 6.48. The largest absolute Gasteiger partial charge is 0.480 e. The second kappa shape index (κ2) is 5.58. The number of amides is 1. The van der Waals surface area contributed by atoms with E-state index in [2.05, 4.69) is 15.9 Å². The maximum absolute atomic E-state index is 12.3. The van der Waals surface area contributed by atoms with Crippen molar-refractivity contribution in [3.63, 3.8) is 0 Å². The number of carbonyl (C=O) groups excluding carboxylic acids is 1. The summed E-state index contributed by atoms with van der Waals surface area (Å²) in [6, 6.07) is 3.86. The van der Waals surface area contributed by atoms with Crippen molar-refractivity contribution in [1.29, 1.82) is 0 Å². The molecule has 1 unspecified atom stereocenters. The van der Waals surface area contributed by atoms with Gasteiger partial charge in [0, 0.05) is 22.3 Å². The van der Waals surface area contributed by atoms with Gasteiger partial charge in [-0.15, -0.1) is 0 Å². The minimum Gasteiger partial charge on any atom is -0.480 e. The Hall–Kier alpha value is -1.60. The number of morpholine rings is 1. The molecule has 1 fully saturated rings. The van der Waals surface area contributed by atoms with Gasteiger partial charge in [-0.1, -0.05) is 15.9 Å². The fourth-order valence-electron chi connectivity index (χ4n) is 1.95. The molecule has 1 amide bonds. The van der Waals surface area contributed by atoms with Gasteiger partial charge in [0.05, 0.1) is 13.2 Å². The number of carboxylic acids is 1. The number of rotatable bonds is 2. The van der Waals surface area contributed by atoms with Crippen molar-refractivity contribution in [2.45, 2.75) is 6.04 Å². The predicted octanol–water partition coefficient (Wildman–Crippen LogP) is 0.957. The van der Waals surface area contributed by atoms with Gasteiger partial charge in [-0.2, -0.15) is 0 Å². The van der Waals surface area contributed by atoms with Gasteiger partial charge in [-0.25, -0.2) is 4.79 Å². The van der Waals surface area contributed by atoms with Crippen molar-refractivity contribution in [2.75, 3.05) is 25.5 Å². The first-order chi connectivity index (χ1) is 8.99. The van der Waals surface area contributed by atoms with Crippen molar-refractivity contribution in [1.82, 2.24) is 4.90 Å². The number of halogens is 1. The third-order valence-corrected chi connectivity index (χ3v) is 3.30. The molecule has 1 atom stereocenters. The molecule has 7 heteroatoms. The first kappa shape index (κ1) is 13.8. The van der Waals surface area contributed by atoms with Crippen molar-refractivity contribution < 1.29 is 19.4 Å². The van der Waals surface area contributed by atoms with E-state index in [-0.39, 0.29) is 19.1 Å². The summed E-state index contributed by atoms with van der Waals surface area (Å²) < 4.78 is 5.78. The Labute approximate surface area is 118 Å². The van der Waals surface area contributed by atoms with Gasteiger partial charge in [0.15, 0.2) is 6.04 Å². The Bertz CT molecular complexity index is 500. The van der Waals surface area contributed by atoms with Crippen LogP contribution in [0.2, 0.25) is 0 Å². The van der Waals surface area contributed by atoms with Crippen LogP contribution in [0, 0.1) is 0 Å². The maximum Gasteiger partial charge on any atom is 0.328 e. The number of aliphatic carboxylic acids is 1. The summed E-state index contributed by atoms with van der Waals surface area (Å²) in [5.74, 6) is -1.43. The first-order valence-corrected chi connectivity index (χ1v) is 6.46. The Morgan fingerprint density at radius 2 is 2.16 bits per heavy atom. The fourth-order valence-corrected chi connectivity index (χ4v) is 2.46. The third kappa shape index (κ3) is 3.05. The molecule has 3 N–H and O–H groups in total. The number of benzene rings is 1. The molecule has 1 heterocycles. The van der Waals surface area contributed by atoms with E-state index in [0.29, 0.717) is 22.3 Å². The zero-order valence-corrected chi connectivity index (χ0v) is 11.6. The number of carboxylic acid groups (broad SMARTS) is 1. The SMILES string of the molecule is Nc1cc(Br)cc(C(=O)N2CCOCC2C(=O)O)c1. The fraction of sp³-hybridized carbons (Fsp3) is 0.333. The van der Waals surface area contributed by atoms with E-state index in [1.54, 1.807) is 12.1 Å². The second-order valence-corrected chi connectivity index (χ2v) is 5.12. The van der Waals surface area contributed by atoms with Gasteiger partial charge in [-0.3, -0.25) is 4.79 Å². The topological polar surface area (TPSA) is 92.9 Å². The molecule has 0 bridgehead atoms. The molecule has 1 aliphatic rings. The van der Waals surface area contributed by atoms with E-state index >= 15 is 0 Å². The highest BCUT2D eigenvalue weighted by Crippen LogP contribution is 2.20. The molecule has 1 saturated heterocycles. The highest BCUT2D eigenvalue weighted by molar-refractivity contribution is 9.10. The first-order valence-electron chi connectivity index (χ1n) is 5.66. The summed E-state index contributed by atoms with van der Waals surface area (Å²) >= 11 is 3.26. The molecule has 102 valence electrons. The average Bonchev–Trinajstić information content (AvgIpc) is 2.36. The van der Waals surface area contributed by atoms with Crippen LogP contribution >= 0.6 is 15.9 Å². The van der Waals surface area contributed by atoms with Crippen LogP contribution in [0.1, 0.15) is 10.4 Å². The van der Waals surface area contributed by atoms with E-state index < -0.39 is 12.0 Å². The van der Waals surface area contributed by atoms with Crippen LogP contribution in [0.15, 0.2) is 22.7 Å². The van der Waals surface area contributed by atoms with Gasteiger partial charge in [0.1, 0.15) is 0 Å². The monoisotopic (exact) mass is 328 g/mol. The van der Waals surface area contributed by atoms with E-state index in [1.807, 2.05) is 0 Å². The van der Waals surface area contributed by atoms with Gasteiger partial charge in [0.2, 0.25) is 0 Å². The smallest absolute Gasteiger partial charge is 0.328 e. The Morgan fingerprint density at radius 1 is 1.42 bits per heavy atom. The number of nitrogens with zero attached hydrogens (tertiary/aromatic N) is 1. The molecule has 19 heavy (non-hydrogen) atoms. The number of nitrogens with two attached hydrogens (primary N) is 1. The molecule has 0 aliphatic carbocycles. The molecule has 0 radical (unpaired) electrons. The van der Waals surface area contributed by atoms with Crippen molar-refractivity contribution in [2.24, 2.45) is 0 Å². The summed E-state index contributed by atoms with van der Waals surface area (Å²) in [6.07, 6.45) is 0. The van der Waals surface area contributed by atoms with Crippen LogP contribution in [-0.4, -0.2) is 47.7 Å². The molecular formula is C12H13BrN2O4. The van der Waals surface area contributed by atoms with E-state index in [9.17, 15) is 9.59 Å². The third-order valence-electron chi connectivity index (χ3n) is 2.84. The molecule has 0 spiro atoms. The lowest BCUT2D eigenvalue weighted by Gasteiger charge is -2.33. The van der Waals surface area contributed by atoms with Crippen LogP contribution in [0.3, 0.4) is 0 Å². The van der Waals surface area contributed by atoms with Crippen LogP contribution in [-0.2, 0) is 9.53 Å². The summed E-state index contributed by atoms with van der Waals surface area (Å²) in [6.45, 7) is 0.589. The zero-order valence-electron chi connectivity index (χ0n) is 10.0. The molecule has 0 saturated carbocycles. The zero-order chi connectivity index (χ0) is 14.0. The quantitative estimate of drug-likeness (QED) is 0.789. The number of hydrogen-bond acceptors (Lipinski definition) is 4. The minimum absolute atomic E-state index is 0.00452. The van der Waals surface area contributed by atoms with Crippen molar-refractivity contribution in [3.8, 4) is 0 Å². The standard InChI is InChI=1S/C12H13BrN2O4/c13-8-3-7(4-9(14)5-8)11(16)15-1-2-19-6-10(15)12(17)18/h3-5,10H,1-2,6,14H2,(H,17,18). The Balaban J connectivity index is 2.28. The molecule has 6 nitrogen and oxygen atoms in total. The van der Waals surface area contributed by atoms with E-state index in [0.717, 1.165) is 0 Å². The summed E-state index contributed by atoms with van der Waals surface area (Å²) in [7, 11) is 0. The molecule has 1 aliphatic heterocycles. The predicted molar refractivity (Wildman–Crippen MR) is 71.8 cm³/mol. The van der Waals surface area contributed by atoms with Crippen LogP contribution in [0.5, 0.6) is 0 Å². The summed E-state index contributed by atoms with van der Waals surface area (Å²) in [5, 5.41) is 9.11. The second-order valence-electron chi connectivity index (χ2n) is 4.20. The van der Waals surface area contributed by atoms with Gasteiger partial charge in [0.25, 0.3) is 5.91 Å². The van der Waals surface area contributed by atoms with Gasteiger partial charge < -0.3 is 20.5 Å². The van der Waals surface area contributed by atoms with Crippen LogP contribution in [0.25, 0.3) is 0 Å². The van der Waals surface area contributed by atoms with Gasteiger partial charge in [-0.05, 0) is 18.2 Å². The number of nitrogen functional groups attached to an aromatic ring is 1. The lowest BCUT2D eigenvalue weighted by Crippen LogP contribution is -2.52. The molecule has 1 aromatic rings.